The molecule has 0 saturated heterocycles. The quantitative estimate of drug-likeness (QED) is 0.880. The zero-order valence-corrected chi connectivity index (χ0v) is 12.8. The Labute approximate surface area is 124 Å². The molecule has 0 aromatic carbocycles. The Hall–Kier alpha value is -1.40. The van der Waals surface area contributed by atoms with Crippen molar-refractivity contribution < 1.29 is 4.79 Å². The van der Waals surface area contributed by atoms with Gasteiger partial charge in [-0.2, -0.15) is 0 Å². The Kier molecular flexibility index (Phi) is 4.93. The van der Waals surface area contributed by atoms with Crippen molar-refractivity contribution in [2.45, 2.75) is 6.42 Å². The van der Waals surface area contributed by atoms with Crippen LogP contribution in [0.15, 0.2) is 34.2 Å². The molecule has 0 radical (unpaired) electrons. The molecule has 2 N–H and O–H groups in total. The molecule has 100 valence electrons. The molecule has 2 rings (SSSR count). The number of carbonyl (C=O) groups is 1. The number of halogens is 1. The fourth-order valence-corrected chi connectivity index (χ4v) is 3.15. The Morgan fingerprint density at radius 3 is 2.95 bits per heavy atom. The first kappa shape index (κ1) is 14.0. The molecule has 0 aliphatic heterocycles. The van der Waals surface area contributed by atoms with Crippen LogP contribution in [0.1, 0.15) is 15.2 Å². The second kappa shape index (κ2) is 6.68. The predicted octanol–water partition coefficient (Wildman–Crippen LogP) is 2.92. The van der Waals surface area contributed by atoms with Gasteiger partial charge in [-0.15, -0.1) is 11.3 Å². The van der Waals surface area contributed by atoms with Crippen LogP contribution in [0.3, 0.4) is 0 Å². The SMILES string of the molecule is CNc1ncccc1C(=O)NCCc1ccc(Br)s1. The average Bonchev–Trinajstić information content (AvgIpc) is 2.84. The predicted molar refractivity (Wildman–Crippen MR) is 81.8 cm³/mol. The minimum atomic E-state index is -0.104. The van der Waals surface area contributed by atoms with Crippen molar-refractivity contribution in [1.82, 2.24) is 10.3 Å². The van der Waals surface area contributed by atoms with Gasteiger partial charge in [-0.3, -0.25) is 4.79 Å². The maximum absolute atomic E-state index is 12.0. The van der Waals surface area contributed by atoms with Crippen LogP contribution in [0.4, 0.5) is 5.82 Å². The van der Waals surface area contributed by atoms with Gasteiger partial charge in [0.25, 0.3) is 5.91 Å². The Morgan fingerprint density at radius 2 is 2.26 bits per heavy atom. The van der Waals surface area contributed by atoms with Crippen LogP contribution in [0, 0.1) is 0 Å². The first-order valence-electron chi connectivity index (χ1n) is 5.86. The van der Waals surface area contributed by atoms with Gasteiger partial charge in [0.1, 0.15) is 5.82 Å². The lowest BCUT2D eigenvalue weighted by atomic mass is 10.2. The monoisotopic (exact) mass is 339 g/mol. The van der Waals surface area contributed by atoms with Gasteiger partial charge in [0.15, 0.2) is 0 Å². The molecule has 4 nitrogen and oxygen atoms in total. The smallest absolute Gasteiger partial charge is 0.255 e. The number of nitrogens with zero attached hydrogens (tertiary/aromatic N) is 1. The molecule has 0 aliphatic rings. The molecule has 0 spiro atoms. The summed E-state index contributed by atoms with van der Waals surface area (Å²) in [6, 6.07) is 7.59. The standard InChI is InChI=1S/C13H14BrN3OS/c1-15-12-10(3-2-7-16-12)13(18)17-8-6-9-4-5-11(14)19-9/h2-5,7H,6,8H2,1H3,(H,15,16)(H,17,18). The van der Waals surface area contributed by atoms with E-state index >= 15 is 0 Å². The van der Waals surface area contributed by atoms with Crippen LogP contribution in [0.2, 0.25) is 0 Å². The summed E-state index contributed by atoms with van der Waals surface area (Å²) in [5.41, 5.74) is 0.567. The van der Waals surface area contributed by atoms with Crippen molar-refractivity contribution in [3.8, 4) is 0 Å². The third kappa shape index (κ3) is 3.78. The van der Waals surface area contributed by atoms with Crippen molar-refractivity contribution in [2.75, 3.05) is 18.9 Å². The van der Waals surface area contributed by atoms with Crippen molar-refractivity contribution in [2.24, 2.45) is 0 Å². The molecule has 0 unspecified atom stereocenters. The van der Waals surface area contributed by atoms with Crippen molar-refractivity contribution in [3.63, 3.8) is 0 Å². The molecule has 2 aromatic rings. The molecular weight excluding hydrogens is 326 g/mol. The molecule has 0 atom stereocenters. The van der Waals surface area contributed by atoms with Crippen molar-refractivity contribution in [3.05, 3.63) is 44.7 Å². The van der Waals surface area contributed by atoms with Gasteiger partial charge in [0.05, 0.1) is 9.35 Å². The number of anilines is 1. The van der Waals surface area contributed by atoms with Crippen molar-refractivity contribution in [1.29, 1.82) is 0 Å². The number of aromatic nitrogens is 1. The molecule has 0 aliphatic carbocycles. The Morgan fingerprint density at radius 1 is 1.42 bits per heavy atom. The maximum Gasteiger partial charge on any atom is 0.255 e. The summed E-state index contributed by atoms with van der Waals surface area (Å²) in [6.07, 6.45) is 2.49. The number of thiophene rings is 1. The van der Waals surface area contributed by atoms with E-state index in [1.54, 1.807) is 36.7 Å². The van der Waals surface area contributed by atoms with Crippen molar-refractivity contribution >= 4 is 39.0 Å². The Bertz CT molecular complexity index is 571. The van der Waals surface area contributed by atoms with Gasteiger partial charge in [0, 0.05) is 24.7 Å². The first-order valence-corrected chi connectivity index (χ1v) is 7.47. The lowest BCUT2D eigenvalue weighted by Crippen LogP contribution is -2.26. The molecule has 0 bridgehead atoms. The van der Waals surface area contributed by atoms with Crippen LogP contribution < -0.4 is 10.6 Å². The molecule has 0 fully saturated rings. The highest BCUT2D eigenvalue weighted by molar-refractivity contribution is 9.11. The van der Waals surface area contributed by atoms with E-state index in [1.165, 1.54) is 4.88 Å². The molecule has 2 aromatic heterocycles. The summed E-state index contributed by atoms with van der Waals surface area (Å²) in [4.78, 5) is 17.4. The van der Waals surface area contributed by atoms with Crippen LogP contribution >= 0.6 is 27.3 Å². The third-order valence-electron chi connectivity index (χ3n) is 2.57. The Balaban J connectivity index is 1.90. The number of nitrogens with one attached hydrogen (secondary N) is 2. The normalized spacial score (nSPS) is 10.2. The maximum atomic E-state index is 12.0. The summed E-state index contributed by atoms with van der Waals surface area (Å²) >= 11 is 5.11. The molecular formula is C13H14BrN3OS. The van der Waals surface area contributed by atoms with E-state index in [0.29, 0.717) is 17.9 Å². The third-order valence-corrected chi connectivity index (χ3v) is 4.26. The number of hydrogen-bond acceptors (Lipinski definition) is 4. The van der Waals surface area contributed by atoms with Crippen LogP contribution in [-0.2, 0) is 6.42 Å². The highest BCUT2D eigenvalue weighted by atomic mass is 79.9. The van der Waals surface area contributed by atoms with Crippen LogP contribution in [0.5, 0.6) is 0 Å². The van der Waals surface area contributed by atoms with E-state index in [-0.39, 0.29) is 5.91 Å². The summed E-state index contributed by atoms with van der Waals surface area (Å²) in [6.45, 7) is 0.615. The number of rotatable bonds is 5. The van der Waals surface area contributed by atoms with Crippen LogP contribution in [-0.4, -0.2) is 24.5 Å². The summed E-state index contributed by atoms with van der Waals surface area (Å²) in [5.74, 6) is 0.493. The minimum absolute atomic E-state index is 0.104. The average molecular weight is 340 g/mol. The van der Waals surface area contributed by atoms with Gasteiger partial charge in [-0.25, -0.2) is 4.98 Å². The lowest BCUT2D eigenvalue weighted by molar-refractivity contribution is 0.0954. The molecule has 19 heavy (non-hydrogen) atoms. The number of carbonyl (C=O) groups excluding carboxylic acids is 1. The zero-order valence-electron chi connectivity index (χ0n) is 10.4. The summed E-state index contributed by atoms with van der Waals surface area (Å²) in [7, 11) is 1.75. The van der Waals surface area contributed by atoms with Crippen LogP contribution in [0.25, 0.3) is 0 Å². The second-order valence-corrected chi connectivity index (χ2v) is 6.41. The largest absolute Gasteiger partial charge is 0.372 e. The van der Waals surface area contributed by atoms with E-state index in [4.69, 9.17) is 0 Å². The molecule has 2 heterocycles. The highest BCUT2D eigenvalue weighted by Gasteiger charge is 2.10. The highest BCUT2D eigenvalue weighted by Crippen LogP contribution is 2.22. The van der Waals surface area contributed by atoms with Gasteiger partial charge in [-0.05, 0) is 46.6 Å². The molecule has 0 saturated carbocycles. The zero-order chi connectivity index (χ0) is 13.7. The van der Waals surface area contributed by atoms with Gasteiger partial charge in [0.2, 0.25) is 0 Å². The fraction of sp³-hybridized carbons (Fsp3) is 0.231. The topological polar surface area (TPSA) is 54.0 Å². The molecule has 1 amide bonds. The number of hydrogen-bond donors (Lipinski definition) is 2. The lowest BCUT2D eigenvalue weighted by Gasteiger charge is -2.08. The number of pyridine rings is 1. The number of amides is 1. The summed E-state index contributed by atoms with van der Waals surface area (Å²) < 4.78 is 1.11. The van der Waals surface area contributed by atoms with E-state index in [9.17, 15) is 4.79 Å². The summed E-state index contributed by atoms with van der Waals surface area (Å²) in [5, 5.41) is 5.82. The van der Waals surface area contributed by atoms with E-state index in [1.807, 2.05) is 6.07 Å². The fourth-order valence-electron chi connectivity index (χ4n) is 1.67. The van der Waals surface area contributed by atoms with E-state index < -0.39 is 0 Å². The van der Waals surface area contributed by atoms with Gasteiger partial charge >= 0.3 is 0 Å². The minimum Gasteiger partial charge on any atom is -0.372 e. The van der Waals surface area contributed by atoms with E-state index in [0.717, 1.165) is 10.2 Å². The first-order chi connectivity index (χ1) is 9.20. The van der Waals surface area contributed by atoms with E-state index in [2.05, 4.69) is 37.6 Å². The van der Waals surface area contributed by atoms with Gasteiger partial charge < -0.3 is 10.6 Å². The second-order valence-electron chi connectivity index (χ2n) is 3.86. The molecule has 6 heteroatoms. The van der Waals surface area contributed by atoms with Gasteiger partial charge in [-0.1, -0.05) is 0 Å².